The molecular formula is C15H16N2O3. The zero-order valence-corrected chi connectivity index (χ0v) is 11.3. The first-order chi connectivity index (χ1) is 9.51. The number of carbonyl (C=O) groups excluding carboxylic acids is 1. The summed E-state index contributed by atoms with van der Waals surface area (Å²) in [5.74, 6) is 0.901. The number of amides is 1. The minimum absolute atomic E-state index is 0.311. The van der Waals surface area contributed by atoms with Crippen LogP contribution in [0.4, 0.5) is 5.69 Å². The van der Waals surface area contributed by atoms with Gasteiger partial charge in [0, 0.05) is 11.6 Å². The van der Waals surface area contributed by atoms with Crippen molar-refractivity contribution in [2.45, 2.75) is 6.92 Å². The van der Waals surface area contributed by atoms with E-state index in [1.54, 1.807) is 24.3 Å². The Morgan fingerprint density at radius 2 is 1.85 bits per heavy atom. The standard InChI is InChI=1S/C15H16N2O3/c1-9-4-3-5-13(14(9)16)20-12-7-10(15(17)18)6-11(8-12)19-2/h3-8H,16H2,1-2H3,(H2,17,18). The van der Waals surface area contributed by atoms with Crippen LogP contribution in [0.2, 0.25) is 0 Å². The molecule has 0 spiro atoms. The molecule has 5 nitrogen and oxygen atoms in total. The van der Waals surface area contributed by atoms with E-state index >= 15 is 0 Å². The minimum Gasteiger partial charge on any atom is -0.497 e. The molecule has 0 unspecified atom stereocenters. The Labute approximate surface area is 117 Å². The molecule has 0 heterocycles. The summed E-state index contributed by atoms with van der Waals surface area (Å²) < 4.78 is 10.8. The summed E-state index contributed by atoms with van der Waals surface area (Å²) >= 11 is 0. The second-order valence-corrected chi connectivity index (χ2v) is 4.35. The third kappa shape index (κ3) is 2.83. The lowest BCUT2D eigenvalue weighted by atomic mass is 10.1. The van der Waals surface area contributed by atoms with Crippen LogP contribution >= 0.6 is 0 Å². The topological polar surface area (TPSA) is 87.6 Å². The van der Waals surface area contributed by atoms with Crippen LogP contribution < -0.4 is 20.9 Å². The van der Waals surface area contributed by atoms with Crippen molar-refractivity contribution in [3.8, 4) is 17.2 Å². The van der Waals surface area contributed by atoms with Gasteiger partial charge >= 0.3 is 0 Å². The smallest absolute Gasteiger partial charge is 0.248 e. The Hall–Kier alpha value is -2.69. The maximum absolute atomic E-state index is 11.3. The maximum atomic E-state index is 11.3. The predicted molar refractivity (Wildman–Crippen MR) is 77.2 cm³/mol. The van der Waals surface area contributed by atoms with Crippen molar-refractivity contribution in [1.82, 2.24) is 0 Å². The molecule has 0 aromatic heterocycles. The predicted octanol–water partition coefficient (Wildman–Crippen LogP) is 2.48. The summed E-state index contributed by atoms with van der Waals surface area (Å²) in [6, 6.07) is 10.3. The Morgan fingerprint density at radius 3 is 2.50 bits per heavy atom. The van der Waals surface area contributed by atoms with Gasteiger partial charge in [0.25, 0.3) is 0 Å². The number of anilines is 1. The number of aryl methyl sites for hydroxylation is 1. The molecule has 1 amide bonds. The second kappa shape index (κ2) is 5.52. The summed E-state index contributed by atoms with van der Waals surface area (Å²) in [4.78, 5) is 11.3. The number of benzene rings is 2. The largest absolute Gasteiger partial charge is 0.497 e. The third-order valence-corrected chi connectivity index (χ3v) is 2.91. The highest BCUT2D eigenvalue weighted by atomic mass is 16.5. The zero-order chi connectivity index (χ0) is 14.7. The summed E-state index contributed by atoms with van der Waals surface area (Å²) in [5.41, 5.74) is 13.0. The highest BCUT2D eigenvalue weighted by molar-refractivity contribution is 5.93. The van der Waals surface area contributed by atoms with Crippen LogP contribution in [0, 0.1) is 6.92 Å². The van der Waals surface area contributed by atoms with Gasteiger partial charge in [-0.25, -0.2) is 0 Å². The third-order valence-electron chi connectivity index (χ3n) is 2.91. The number of carbonyl (C=O) groups is 1. The average Bonchev–Trinajstić information content (AvgIpc) is 2.43. The number of hydrogen-bond acceptors (Lipinski definition) is 4. The van der Waals surface area contributed by atoms with Gasteiger partial charge < -0.3 is 20.9 Å². The molecule has 0 radical (unpaired) electrons. The molecule has 2 rings (SSSR count). The number of primary amides is 1. The first kappa shape index (κ1) is 13.7. The van der Waals surface area contributed by atoms with E-state index in [1.165, 1.54) is 7.11 Å². The van der Waals surface area contributed by atoms with Gasteiger partial charge in [0.1, 0.15) is 11.5 Å². The van der Waals surface area contributed by atoms with E-state index in [2.05, 4.69) is 0 Å². The molecule has 2 aromatic rings. The van der Waals surface area contributed by atoms with E-state index < -0.39 is 5.91 Å². The molecule has 20 heavy (non-hydrogen) atoms. The van der Waals surface area contributed by atoms with E-state index in [-0.39, 0.29) is 0 Å². The first-order valence-electron chi connectivity index (χ1n) is 6.03. The summed E-state index contributed by atoms with van der Waals surface area (Å²) in [5, 5.41) is 0. The van der Waals surface area contributed by atoms with Crippen molar-refractivity contribution in [3.05, 3.63) is 47.5 Å². The van der Waals surface area contributed by atoms with Crippen molar-refractivity contribution in [1.29, 1.82) is 0 Å². The van der Waals surface area contributed by atoms with Gasteiger partial charge in [0.15, 0.2) is 5.75 Å². The number of nitrogens with two attached hydrogens (primary N) is 2. The molecule has 0 aliphatic heterocycles. The van der Waals surface area contributed by atoms with Gasteiger partial charge in [-0.3, -0.25) is 4.79 Å². The van der Waals surface area contributed by atoms with Crippen LogP contribution in [-0.2, 0) is 0 Å². The maximum Gasteiger partial charge on any atom is 0.248 e. The summed E-state index contributed by atoms with van der Waals surface area (Å²) in [6.07, 6.45) is 0. The Kier molecular flexibility index (Phi) is 3.79. The molecule has 0 bridgehead atoms. The fourth-order valence-electron chi connectivity index (χ4n) is 1.76. The molecule has 0 atom stereocenters. The molecule has 0 saturated carbocycles. The number of rotatable bonds is 4. The molecule has 4 N–H and O–H groups in total. The van der Waals surface area contributed by atoms with Crippen LogP contribution in [0.25, 0.3) is 0 Å². The number of ether oxygens (including phenoxy) is 2. The van der Waals surface area contributed by atoms with E-state index in [0.29, 0.717) is 28.5 Å². The summed E-state index contributed by atoms with van der Waals surface area (Å²) in [6.45, 7) is 1.89. The van der Waals surface area contributed by atoms with E-state index in [4.69, 9.17) is 20.9 Å². The van der Waals surface area contributed by atoms with Crippen molar-refractivity contribution in [3.63, 3.8) is 0 Å². The Balaban J connectivity index is 2.40. The monoisotopic (exact) mass is 272 g/mol. The van der Waals surface area contributed by atoms with Crippen molar-refractivity contribution in [2.24, 2.45) is 5.73 Å². The van der Waals surface area contributed by atoms with E-state index in [9.17, 15) is 4.79 Å². The number of nitrogen functional groups attached to an aromatic ring is 1. The lowest BCUT2D eigenvalue weighted by Crippen LogP contribution is -2.11. The molecule has 0 saturated heterocycles. The Bertz CT molecular complexity index is 654. The normalized spacial score (nSPS) is 10.1. The minimum atomic E-state index is -0.550. The number of hydrogen-bond donors (Lipinski definition) is 2. The molecule has 2 aromatic carbocycles. The van der Waals surface area contributed by atoms with Crippen LogP contribution in [0.1, 0.15) is 15.9 Å². The first-order valence-corrected chi connectivity index (χ1v) is 6.03. The summed E-state index contributed by atoms with van der Waals surface area (Å²) in [7, 11) is 1.50. The van der Waals surface area contributed by atoms with Gasteiger partial charge in [0.05, 0.1) is 12.8 Å². The van der Waals surface area contributed by atoms with E-state index in [0.717, 1.165) is 5.56 Å². The van der Waals surface area contributed by atoms with Gasteiger partial charge in [-0.2, -0.15) is 0 Å². The van der Waals surface area contributed by atoms with Crippen LogP contribution in [0.5, 0.6) is 17.2 Å². The van der Waals surface area contributed by atoms with Crippen LogP contribution in [0.3, 0.4) is 0 Å². The van der Waals surface area contributed by atoms with Gasteiger partial charge in [-0.1, -0.05) is 12.1 Å². The molecule has 0 aliphatic rings. The van der Waals surface area contributed by atoms with Crippen LogP contribution in [0.15, 0.2) is 36.4 Å². The van der Waals surface area contributed by atoms with Gasteiger partial charge in [0.2, 0.25) is 5.91 Å². The van der Waals surface area contributed by atoms with Crippen molar-refractivity contribution >= 4 is 11.6 Å². The van der Waals surface area contributed by atoms with Gasteiger partial charge in [-0.05, 0) is 30.7 Å². The number of para-hydroxylation sites is 1. The Morgan fingerprint density at radius 1 is 1.15 bits per heavy atom. The fraction of sp³-hybridized carbons (Fsp3) is 0.133. The van der Waals surface area contributed by atoms with E-state index in [1.807, 2.05) is 19.1 Å². The lowest BCUT2D eigenvalue weighted by molar-refractivity contribution is 0.0999. The van der Waals surface area contributed by atoms with Crippen molar-refractivity contribution in [2.75, 3.05) is 12.8 Å². The average molecular weight is 272 g/mol. The molecule has 5 heteroatoms. The molecule has 0 fully saturated rings. The fourth-order valence-corrected chi connectivity index (χ4v) is 1.76. The molecule has 0 aliphatic carbocycles. The molecule has 104 valence electrons. The zero-order valence-electron chi connectivity index (χ0n) is 11.3. The molecular weight excluding hydrogens is 256 g/mol. The quantitative estimate of drug-likeness (QED) is 0.837. The highest BCUT2D eigenvalue weighted by Crippen LogP contribution is 2.32. The second-order valence-electron chi connectivity index (χ2n) is 4.35. The SMILES string of the molecule is COc1cc(Oc2cccc(C)c2N)cc(C(N)=O)c1. The highest BCUT2D eigenvalue weighted by Gasteiger charge is 2.09. The van der Waals surface area contributed by atoms with Gasteiger partial charge in [-0.15, -0.1) is 0 Å². The van der Waals surface area contributed by atoms with Crippen molar-refractivity contribution < 1.29 is 14.3 Å². The van der Waals surface area contributed by atoms with Crippen LogP contribution in [-0.4, -0.2) is 13.0 Å². The lowest BCUT2D eigenvalue weighted by Gasteiger charge is -2.12. The number of methoxy groups -OCH3 is 1.